The fourth-order valence-corrected chi connectivity index (χ4v) is 2.23. The third-order valence-corrected chi connectivity index (χ3v) is 3.39. The highest BCUT2D eigenvalue weighted by Crippen LogP contribution is 2.54. The fraction of sp³-hybridized carbons (Fsp3) is 0.857. The van der Waals surface area contributed by atoms with Gasteiger partial charge in [-0.05, 0) is 13.8 Å². The van der Waals surface area contributed by atoms with Crippen molar-refractivity contribution in [1.29, 1.82) is 0 Å². The molecule has 0 radical (unpaired) electrons. The van der Waals surface area contributed by atoms with E-state index in [1.54, 1.807) is 13.8 Å². The van der Waals surface area contributed by atoms with Gasteiger partial charge in [-0.1, -0.05) is 0 Å². The number of halogens is 1. The minimum atomic E-state index is -3.72. The number of aldehydes is 1. The number of carbonyl (C=O) groups is 1. The first-order valence-electron chi connectivity index (χ1n) is 4.07. The van der Waals surface area contributed by atoms with E-state index in [9.17, 15) is 13.8 Å². The Morgan fingerprint density at radius 2 is 1.85 bits per heavy atom. The maximum Gasteiger partial charge on any atom is 0.364 e. The van der Waals surface area contributed by atoms with Crippen LogP contribution < -0.4 is 0 Å². The average Bonchev–Trinajstić information content (AvgIpc) is 2.05. The molecule has 0 aliphatic rings. The van der Waals surface area contributed by atoms with Crippen molar-refractivity contribution >= 4 is 13.9 Å². The second-order valence-electron chi connectivity index (χ2n) is 2.21. The molecule has 1 atom stereocenters. The van der Waals surface area contributed by atoms with Gasteiger partial charge in [-0.15, -0.1) is 0 Å². The highest BCUT2D eigenvalue weighted by molar-refractivity contribution is 7.54. The van der Waals surface area contributed by atoms with E-state index in [0.717, 1.165) is 0 Å². The molecule has 13 heavy (non-hydrogen) atoms. The minimum Gasteiger partial charge on any atom is -0.307 e. The van der Waals surface area contributed by atoms with Crippen LogP contribution >= 0.6 is 7.60 Å². The molecule has 0 N–H and O–H groups in total. The van der Waals surface area contributed by atoms with Crippen molar-refractivity contribution in [2.45, 2.75) is 26.2 Å². The highest BCUT2D eigenvalue weighted by atomic mass is 31.2. The smallest absolute Gasteiger partial charge is 0.307 e. The Morgan fingerprint density at radius 1 is 1.38 bits per heavy atom. The molecular formula is C7H14FO4P. The number of alkyl halides is 1. The Hall–Kier alpha value is -0.250. The normalized spacial score (nSPS) is 14.1. The van der Waals surface area contributed by atoms with Crippen molar-refractivity contribution in [3.63, 3.8) is 0 Å². The third kappa shape index (κ3) is 3.98. The van der Waals surface area contributed by atoms with Gasteiger partial charge in [0.2, 0.25) is 5.91 Å². The molecule has 0 amide bonds. The molecule has 0 aromatic heterocycles. The van der Waals surface area contributed by atoms with Gasteiger partial charge in [-0.2, -0.15) is 0 Å². The molecule has 0 bridgehead atoms. The van der Waals surface area contributed by atoms with E-state index in [4.69, 9.17) is 0 Å². The van der Waals surface area contributed by atoms with E-state index in [-0.39, 0.29) is 13.2 Å². The van der Waals surface area contributed by atoms with Crippen LogP contribution in [0.4, 0.5) is 4.39 Å². The summed E-state index contributed by atoms with van der Waals surface area (Å²) in [5, 5.41) is 0. The van der Waals surface area contributed by atoms with Gasteiger partial charge in [0.15, 0.2) is 0 Å². The lowest BCUT2D eigenvalue weighted by Crippen LogP contribution is -2.08. The van der Waals surface area contributed by atoms with Crippen molar-refractivity contribution in [3.05, 3.63) is 0 Å². The molecule has 0 aliphatic heterocycles. The SMILES string of the molecule is CCOP(=O)(OCC)C(F)CC=O. The zero-order valence-corrected chi connectivity index (χ0v) is 8.63. The second-order valence-corrected chi connectivity index (χ2v) is 4.37. The molecule has 0 aromatic carbocycles. The molecule has 1 unspecified atom stereocenters. The van der Waals surface area contributed by atoms with Gasteiger partial charge >= 0.3 is 7.60 Å². The zero-order valence-electron chi connectivity index (χ0n) is 7.73. The van der Waals surface area contributed by atoms with E-state index >= 15 is 0 Å². The molecular weight excluding hydrogens is 198 g/mol. The highest BCUT2D eigenvalue weighted by Gasteiger charge is 2.35. The third-order valence-electron chi connectivity index (χ3n) is 1.25. The summed E-state index contributed by atoms with van der Waals surface area (Å²) in [6, 6.07) is 0. The Kier molecular flexibility index (Phi) is 6.12. The van der Waals surface area contributed by atoms with Gasteiger partial charge in [-0.3, -0.25) is 4.57 Å². The first-order chi connectivity index (χ1) is 6.10. The maximum atomic E-state index is 13.1. The predicted molar refractivity (Wildman–Crippen MR) is 46.4 cm³/mol. The Balaban J connectivity index is 4.36. The van der Waals surface area contributed by atoms with E-state index in [0.29, 0.717) is 6.29 Å². The van der Waals surface area contributed by atoms with Crippen molar-refractivity contribution < 1.29 is 22.8 Å². The van der Waals surface area contributed by atoms with Gasteiger partial charge < -0.3 is 13.8 Å². The number of hydrogen-bond donors (Lipinski definition) is 0. The van der Waals surface area contributed by atoms with Gasteiger partial charge in [-0.25, -0.2) is 4.39 Å². The number of carbonyl (C=O) groups excluding carboxylic acids is 1. The topological polar surface area (TPSA) is 52.6 Å². The summed E-state index contributed by atoms with van der Waals surface area (Å²) in [5.74, 6) is -1.86. The molecule has 0 saturated carbocycles. The lowest BCUT2D eigenvalue weighted by Gasteiger charge is -2.18. The molecule has 78 valence electrons. The van der Waals surface area contributed by atoms with Crippen LogP contribution in [0.15, 0.2) is 0 Å². The summed E-state index contributed by atoms with van der Waals surface area (Å²) in [4.78, 5) is 10.00. The van der Waals surface area contributed by atoms with Crippen molar-refractivity contribution in [2.24, 2.45) is 0 Å². The Morgan fingerprint density at radius 3 is 2.15 bits per heavy atom. The predicted octanol–water partition coefficient (Wildman–Crippen LogP) is 2.14. The first-order valence-corrected chi connectivity index (χ1v) is 5.68. The zero-order chi connectivity index (χ0) is 10.3. The quantitative estimate of drug-likeness (QED) is 0.479. The van der Waals surface area contributed by atoms with Crippen molar-refractivity contribution in [1.82, 2.24) is 0 Å². The lowest BCUT2D eigenvalue weighted by molar-refractivity contribution is -0.108. The fourth-order valence-electron chi connectivity index (χ4n) is 0.767. The molecule has 0 fully saturated rings. The first kappa shape index (κ1) is 12.8. The van der Waals surface area contributed by atoms with Crippen LogP contribution in [0.3, 0.4) is 0 Å². The Bertz CT molecular complexity index is 187. The minimum absolute atomic E-state index is 0.0938. The van der Waals surface area contributed by atoms with Gasteiger partial charge in [0.25, 0.3) is 0 Å². The van der Waals surface area contributed by atoms with Crippen LogP contribution in [-0.2, 0) is 18.4 Å². The Labute approximate surface area is 76.9 Å². The van der Waals surface area contributed by atoms with Crippen molar-refractivity contribution in [3.8, 4) is 0 Å². The van der Waals surface area contributed by atoms with Crippen molar-refractivity contribution in [2.75, 3.05) is 13.2 Å². The van der Waals surface area contributed by atoms with Crippen LogP contribution in [0.1, 0.15) is 20.3 Å². The van der Waals surface area contributed by atoms with Gasteiger partial charge in [0.1, 0.15) is 6.29 Å². The van der Waals surface area contributed by atoms with Crippen LogP contribution in [-0.4, -0.2) is 25.4 Å². The molecule has 6 heteroatoms. The van der Waals surface area contributed by atoms with Gasteiger partial charge in [0, 0.05) is 6.42 Å². The average molecular weight is 212 g/mol. The van der Waals surface area contributed by atoms with Crippen LogP contribution in [0.5, 0.6) is 0 Å². The molecule has 4 nitrogen and oxygen atoms in total. The number of hydrogen-bond acceptors (Lipinski definition) is 4. The van der Waals surface area contributed by atoms with E-state index in [2.05, 4.69) is 9.05 Å². The molecule has 0 aliphatic carbocycles. The summed E-state index contributed by atoms with van der Waals surface area (Å²) in [6.45, 7) is 3.35. The largest absolute Gasteiger partial charge is 0.364 e. The van der Waals surface area contributed by atoms with Crippen LogP contribution in [0.2, 0.25) is 0 Å². The molecule has 0 spiro atoms. The van der Waals surface area contributed by atoms with E-state index in [1.807, 2.05) is 0 Å². The summed E-state index contributed by atoms with van der Waals surface area (Å²) in [5.41, 5.74) is 0. The molecule has 0 rings (SSSR count). The standard InChI is InChI=1S/C7H14FO4P/c1-3-11-13(10,12-4-2)7(8)5-6-9/h6-7H,3-5H2,1-2H3. The second kappa shape index (κ2) is 6.24. The summed E-state index contributed by atoms with van der Waals surface area (Å²) in [7, 11) is -3.72. The summed E-state index contributed by atoms with van der Waals surface area (Å²) in [6.07, 6.45) is -0.105. The molecule has 0 heterocycles. The van der Waals surface area contributed by atoms with E-state index in [1.165, 1.54) is 0 Å². The summed E-state index contributed by atoms with van der Waals surface area (Å²) >= 11 is 0. The van der Waals surface area contributed by atoms with Crippen LogP contribution in [0, 0.1) is 0 Å². The summed E-state index contributed by atoms with van der Waals surface area (Å²) < 4.78 is 34.0. The molecule has 0 aromatic rings. The van der Waals surface area contributed by atoms with Crippen LogP contribution in [0.25, 0.3) is 0 Å². The lowest BCUT2D eigenvalue weighted by atomic mass is 10.5. The van der Waals surface area contributed by atoms with E-state index < -0.39 is 19.9 Å². The maximum absolute atomic E-state index is 13.1. The number of rotatable bonds is 7. The monoisotopic (exact) mass is 212 g/mol. The van der Waals surface area contributed by atoms with Gasteiger partial charge in [0.05, 0.1) is 13.2 Å². The molecule has 0 saturated heterocycles.